The quantitative estimate of drug-likeness (QED) is 0.598. The molecular formula is C16H13N3O4. The SMILES string of the molecule is O=C1NC(c2ccccc2)=CC(c2cc([N+](=O)[O-])ccc2O)N1. The van der Waals surface area contributed by atoms with E-state index in [9.17, 15) is 20.0 Å². The Morgan fingerprint density at radius 2 is 1.87 bits per heavy atom. The minimum Gasteiger partial charge on any atom is -0.508 e. The molecule has 1 heterocycles. The lowest BCUT2D eigenvalue weighted by atomic mass is 10.00. The van der Waals surface area contributed by atoms with Gasteiger partial charge < -0.3 is 15.7 Å². The monoisotopic (exact) mass is 311 g/mol. The number of phenols is 1. The van der Waals surface area contributed by atoms with Crippen LogP contribution in [0.4, 0.5) is 10.5 Å². The first kappa shape index (κ1) is 14.6. The summed E-state index contributed by atoms with van der Waals surface area (Å²) in [5.74, 6) is -0.119. The van der Waals surface area contributed by atoms with Gasteiger partial charge in [-0.25, -0.2) is 4.79 Å². The van der Waals surface area contributed by atoms with Gasteiger partial charge in [0.25, 0.3) is 5.69 Å². The van der Waals surface area contributed by atoms with Crippen molar-refractivity contribution in [2.24, 2.45) is 0 Å². The summed E-state index contributed by atoms with van der Waals surface area (Å²) in [4.78, 5) is 22.2. The van der Waals surface area contributed by atoms with Crippen molar-refractivity contribution in [1.82, 2.24) is 10.6 Å². The molecule has 23 heavy (non-hydrogen) atoms. The molecule has 3 N–H and O–H groups in total. The number of nitrogens with one attached hydrogen (secondary N) is 2. The summed E-state index contributed by atoms with van der Waals surface area (Å²) in [6.07, 6.45) is 1.70. The van der Waals surface area contributed by atoms with Gasteiger partial charge in [0.1, 0.15) is 5.75 Å². The summed E-state index contributed by atoms with van der Waals surface area (Å²) in [7, 11) is 0. The number of amides is 2. The highest BCUT2D eigenvalue weighted by Gasteiger charge is 2.24. The number of rotatable bonds is 3. The second kappa shape index (κ2) is 5.80. The van der Waals surface area contributed by atoms with Gasteiger partial charge in [-0.3, -0.25) is 10.1 Å². The van der Waals surface area contributed by atoms with Crippen LogP contribution in [0.3, 0.4) is 0 Å². The maximum Gasteiger partial charge on any atom is 0.319 e. The number of nitro benzene ring substituents is 1. The van der Waals surface area contributed by atoms with Crippen molar-refractivity contribution >= 4 is 17.4 Å². The summed E-state index contributed by atoms with van der Waals surface area (Å²) in [5.41, 5.74) is 1.49. The highest BCUT2D eigenvalue weighted by Crippen LogP contribution is 2.32. The number of carbonyl (C=O) groups is 1. The third kappa shape index (κ3) is 2.98. The van der Waals surface area contributed by atoms with E-state index in [2.05, 4.69) is 10.6 Å². The average molecular weight is 311 g/mol. The van der Waals surface area contributed by atoms with Gasteiger partial charge in [0, 0.05) is 23.4 Å². The van der Waals surface area contributed by atoms with Crippen LogP contribution in [0.5, 0.6) is 5.75 Å². The average Bonchev–Trinajstić information content (AvgIpc) is 2.55. The molecule has 1 aliphatic rings. The van der Waals surface area contributed by atoms with Crippen LogP contribution < -0.4 is 10.6 Å². The normalized spacial score (nSPS) is 17.0. The fourth-order valence-corrected chi connectivity index (χ4v) is 2.41. The van der Waals surface area contributed by atoms with Gasteiger partial charge in [-0.1, -0.05) is 30.3 Å². The largest absolute Gasteiger partial charge is 0.508 e. The van der Waals surface area contributed by atoms with E-state index >= 15 is 0 Å². The van der Waals surface area contributed by atoms with Crippen LogP contribution in [0, 0.1) is 10.1 Å². The molecule has 7 heteroatoms. The number of hydrogen-bond acceptors (Lipinski definition) is 4. The van der Waals surface area contributed by atoms with Crippen LogP contribution in [0.1, 0.15) is 17.2 Å². The molecular weight excluding hydrogens is 298 g/mol. The number of nitro groups is 1. The second-order valence-electron chi connectivity index (χ2n) is 5.02. The minimum absolute atomic E-state index is 0.119. The third-order valence-corrected chi connectivity index (χ3v) is 3.51. The van der Waals surface area contributed by atoms with Gasteiger partial charge in [0.05, 0.1) is 11.0 Å². The molecule has 3 rings (SSSR count). The Bertz CT molecular complexity index is 802. The Morgan fingerprint density at radius 1 is 1.13 bits per heavy atom. The van der Waals surface area contributed by atoms with Crippen molar-refractivity contribution in [1.29, 1.82) is 0 Å². The number of carbonyl (C=O) groups excluding carboxylic acids is 1. The molecule has 0 saturated carbocycles. The van der Waals surface area contributed by atoms with E-state index < -0.39 is 17.0 Å². The molecule has 2 aromatic rings. The topological polar surface area (TPSA) is 104 Å². The van der Waals surface area contributed by atoms with E-state index in [-0.39, 0.29) is 17.0 Å². The highest BCUT2D eigenvalue weighted by atomic mass is 16.6. The van der Waals surface area contributed by atoms with E-state index in [1.165, 1.54) is 18.2 Å². The number of aromatic hydroxyl groups is 1. The number of non-ortho nitro benzene ring substituents is 1. The zero-order valence-electron chi connectivity index (χ0n) is 11.9. The standard InChI is InChI=1S/C16H13N3O4/c20-15-7-6-11(19(22)23)8-12(15)14-9-13(17-16(21)18-14)10-4-2-1-3-5-10/h1-9,14,20H,(H2,17,18,21). The van der Waals surface area contributed by atoms with Crippen LogP contribution in [0.15, 0.2) is 54.6 Å². The molecule has 0 bridgehead atoms. The number of benzene rings is 2. The third-order valence-electron chi connectivity index (χ3n) is 3.51. The van der Waals surface area contributed by atoms with Crippen LogP contribution >= 0.6 is 0 Å². The Kier molecular flexibility index (Phi) is 3.68. The van der Waals surface area contributed by atoms with E-state index in [0.717, 1.165) is 5.56 Å². The van der Waals surface area contributed by atoms with Gasteiger partial charge in [-0.15, -0.1) is 0 Å². The van der Waals surface area contributed by atoms with Gasteiger partial charge >= 0.3 is 6.03 Å². The lowest BCUT2D eigenvalue weighted by Crippen LogP contribution is -2.40. The molecule has 2 amide bonds. The van der Waals surface area contributed by atoms with Crippen LogP contribution in [-0.4, -0.2) is 16.1 Å². The van der Waals surface area contributed by atoms with Crippen molar-refractivity contribution in [3.8, 4) is 5.75 Å². The van der Waals surface area contributed by atoms with Gasteiger partial charge in [0.2, 0.25) is 0 Å². The Labute approximate surface area is 131 Å². The van der Waals surface area contributed by atoms with E-state index in [1.807, 2.05) is 30.3 Å². The number of phenolic OH excluding ortho intramolecular Hbond substituents is 1. The van der Waals surface area contributed by atoms with Crippen molar-refractivity contribution < 1.29 is 14.8 Å². The summed E-state index contributed by atoms with van der Waals surface area (Å²) in [6, 6.07) is 11.8. The summed E-state index contributed by atoms with van der Waals surface area (Å²) in [6.45, 7) is 0. The molecule has 7 nitrogen and oxygen atoms in total. The molecule has 0 fully saturated rings. The van der Waals surface area contributed by atoms with Crippen LogP contribution in [0.2, 0.25) is 0 Å². The maximum absolute atomic E-state index is 11.9. The first-order valence-corrected chi connectivity index (χ1v) is 6.86. The predicted octanol–water partition coefficient (Wildman–Crippen LogP) is 2.70. The molecule has 1 atom stereocenters. The fraction of sp³-hybridized carbons (Fsp3) is 0.0625. The molecule has 1 unspecified atom stereocenters. The van der Waals surface area contributed by atoms with Crippen molar-refractivity contribution in [3.63, 3.8) is 0 Å². The highest BCUT2D eigenvalue weighted by molar-refractivity contribution is 5.88. The van der Waals surface area contributed by atoms with Crippen molar-refractivity contribution in [2.45, 2.75) is 6.04 Å². The van der Waals surface area contributed by atoms with Gasteiger partial charge in [0.15, 0.2) is 0 Å². The molecule has 116 valence electrons. The lowest BCUT2D eigenvalue weighted by molar-refractivity contribution is -0.385. The summed E-state index contributed by atoms with van der Waals surface area (Å²) < 4.78 is 0. The van der Waals surface area contributed by atoms with E-state index in [1.54, 1.807) is 6.08 Å². The smallest absolute Gasteiger partial charge is 0.319 e. The fourth-order valence-electron chi connectivity index (χ4n) is 2.41. The van der Waals surface area contributed by atoms with E-state index in [0.29, 0.717) is 5.70 Å². The van der Waals surface area contributed by atoms with Crippen LogP contribution in [0.25, 0.3) is 5.70 Å². The molecule has 0 aromatic heterocycles. The molecule has 0 spiro atoms. The lowest BCUT2D eigenvalue weighted by Gasteiger charge is -2.24. The molecule has 1 aliphatic heterocycles. The number of urea groups is 1. The summed E-state index contributed by atoms with van der Waals surface area (Å²) in [5, 5.41) is 26.2. The zero-order chi connectivity index (χ0) is 16.4. The van der Waals surface area contributed by atoms with Gasteiger partial charge in [-0.2, -0.15) is 0 Å². The Hall–Kier alpha value is -3.35. The second-order valence-corrected chi connectivity index (χ2v) is 5.02. The summed E-state index contributed by atoms with van der Waals surface area (Å²) >= 11 is 0. The van der Waals surface area contributed by atoms with E-state index in [4.69, 9.17) is 0 Å². The predicted molar refractivity (Wildman–Crippen MR) is 83.6 cm³/mol. The minimum atomic E-state index is -0.668. The molecule has 2 aromatic carbocycles. The molecule has 0 saturated heterocycles. The number of nitrogens with zero attached hydrogens (tertiary/aromatic N) is 1. The van der Waals surface area contributed by atoms with Crippen molar-refractivity contribution in [3.05, 3.63) is 75.8 Å². The molecule has 0 aliphatic carbocycles. The van der Waals surface area contributed by atoms with Crippen molar-refractivity contribution in [2.75, 3.05) is 0 Å². The first-order valence-electron chi connectivity index (χ1n) is 6.86. The van der Waals surface area contributed by atoms with Gasteiger partial charge in [-0.05, 0) is 17.7 Å². The zero-order valence-corrected chi connectivity index (χ0v) is 11.9. The maximum atomic E-state index is 11.9. The molecule has 0 radical (unpaired) electrons. The Balaban J connectivity index is 2.04. The van der Waals surface area contributed by atoms with Crippen LogP contribution in [-0.2, 0) is 0 Å². The first-order chi connectivity index (χ1) is 11.0. The Morgan fingerprint density at radius 3 is 2.57 bits per heavy atom. The number of hydrogen-bond donors (Lipinski definition) is 3.